The average molecular weight is 193 g/mol. The zero-order valence-electron chi connectivity index (χ0n) is 9.42. The molecule has 1 aliphatic rings. The molecule has 2 unspecified atom stereocenters. The second-order valence-electron chi connectivity index (χ2n) is 4.91. The summed E-state index contributed by atoms with van der Waals surface area (Å²) in [6.45, 7) is 7.72. The molecule has 2 heteroatoms. The van der Waals surface area contributed by atoms with Gasteiger partial charge in [0.1, 0.15) is 11.5 Å². The highest BCUT2D eigenvalue weighted by Crippen LogP contribution is 2.64. The van der Waals surface area contributed by atoms with Crippen LogP contribution in [0.3, 0.4) is 0 Å². The van der Waals surface area contributed by atoms with E-state index >= 15 is 0 Å². The first-order valence-electron chi connectivity index (χ1n) is 5.28. The Hall–Kier alpha value is -0.760. The Kier molecular flexibility index (Phi) is 2.18. The molecule has 1 fully saturated rings. The lowest BCUT2D eigenvalue weighted by atomic mass is 10.1. The van der Waals surface area contributed by atoms with Gasteiger partial charge in [-0.15, -0.1) is 0 Å². The van der Waals surface area contributed by atoms with Crippen LogP contribution < -0.4 is 5.32 Å². The van der Waals surface area contributed by atoms with Gasteiger partial charge < -0.3 is 9.73 Å². The summed E-state index contributed by atoms with van der Waals surface area (Å²) in [4.78, 5) is 0. The maximum absolute atomic E-state index is 5.69. The van der Waals surface area contributed by atoms with Crippen molar-refractivity contribution in [1.82, 2.24) is 5.32 Å². The third-order valence-corrected chi connectivity index (χ3v) is 3.54. The summed E-state index contributed by atoms with van der Waals surface area (Å²) in [5, 5.41) is 3.25. The molecular formula is C12H19NO. The number of hydrogen-bond acceptors (Lipinski definition) is 2. The number of rotatable bonds is 3. The normalized spacial score (nSPS) is 29.1. The fourth-order valence-electron chi connectivity index (χ4n) is 2.53. The minimum Gasteiger partial charge on any atom is -0.466 e. The molecule has 2 rings (SSSR count). The van der Waals surface area contributed by atoms with Crippen LogP contribution in [0.5, 0.6) is 0 Å². The lowest BCUT2D eigenvalue weighted by molar-refractivity contribution is 0.461. The van der Waals surface area contributed by atoms with Crippen LogP contribution in [0, 0.1) is 18.3 Å². The summed E-state index contributed by atoms with van der Waals surface area (Å²) in [5.41, 5.74) is 0.396. The number of hydrogen-bond donors (Lipinski definition) is 1. The molecule has 1 saturated carbocycles. The third-order valence-electron chi connectivity index (χ3n) is 3.54. The predicted octanol–water partition coefficient (Wildman–Crippen LogP) is 2.55. The van der Waals surface area contributed by atoms with Crippen molar-refractivity contribution in [3.05, 3.63) is 23.7 Å². The van der Waals surface area contributed by atoms with Crippen molar-refractivity contribution in [3.63, 3.8) is 0 Å². The molecule has 0 bridgehead atoms. The van der Waals surface area contributed by atoms with Crippen molar-refractivity contribution < 1.29 is 4.42 Å². The van der Waals surface area contributed by atoms with Crippen molar-refractivity contribution in [2.45, 2.75) is 26.7 Å². The van der Waals surface area contributed by atoms with E-state index in [0.29, 0.717) is 11.3 Å². The zero-order valence-corrected chi connectivity index (χ0v) is 9.42. The van der Waals surface area contributed by atoms with Gasteiger partial charge in [0.15, 0.2) is 0 Å². The fraction of sp³-hybridized carbons (Fsp3) is 0.667. The summed E-state index contributed by atoms with van der Waals surface area (Å²) in [6, 6.07) is 4.18. The second kappa shape index (κ2) is 3.13. The fourth-order valence-corrected chi connectivity index (χ4v) is 2.53. The molecule has 1 heterocycles. The van der Waals surface area contributed by atoms with Crippen molar-refractivity contribution in [2.75, 3.05) is 13.6 Å². The van der Waals surface area contributed by atoms with Crippen LogP contribution in [-0.4, -0.2) is 13.6 Å². The van der Waals surface area contributed by atoms with E-state index in [1.807, 2.05) is 14.0 Å². The molecule has 1 N–H and O–H groups in total. The quantitative estimate of drug-likeness (QED) is 0.798. The molecule has 2 atom stereocenters. The predicted molar refractivity (Wildman–Crippen MR) is 57.4 cm³/mol. The Balaban J connectivity index is 2.14. The first kappa shape index (κ1) is 9.78. The highest BCUT2D eigenvalue weighted by atomic mass is 16.3. The lowest BCUT2D eigenvalue weighted by Gasteiger charge is -1.99. The Labute approximate surface area is 85.7 Å². The van der Waals surface area contributed by atoms with E-state index in [4.69, 9.17) is 4.42 Å². The zero-order chi connectivity index (χ0) is 10.3. The maximum atomic E-state index is 5.69. The molecule has 0 radical (unpaired) electrons. The summed E-state index contributed by atoms with van der Waals surface area (Å²) < 4.78 is 5.69. The molecule has 0 spiro atoms. The van der Waals surface area contributed by atoms with Gasteiger partial charge in [0, 0.05) is 5.92 Å². The molecule has 0 amide bonds. The monoisotopic (exact) mass is 193 g/mol. The van der Waals surface area contributed by atoms with E-state index in [9.17, 15) is 0 Å². The summed E-state index contributed by atoms with van der Waals surface area (Å²) >= 11 is 0. The highest BCUT2D eigenvalue weighted by molar-refractivity contribution is 5.25. The van der Waals surface area contributed by atoms with Gasteiger partial charge in [0.25, 0.3) is 0 Å². The average Bonchev–Trinajstić information content (AvgIpc) is 2.46. The summed E-state index contributed by atoms with van der Waals surface area (Å²) in [7, 11) is 2.01. The highest BCUT2D eigenvalue weighted by Gasteiger charge is 2.59. The van der Waals surface area contributed by atoms with Crippen LogP contribution in [-0.2, 0) is 0 Å². The summed E-state index contributed by atoms with van der Waals surface area (Å²) in [6.07, 6.45) is 0. The van der Waals surface area contributed by atoms with E-state index in [1.165, 1.54) is 0 Å². The smallest absolute Gasteiger partial charge is 0.108 e. The van der Waals surface area contributed by atoms with Gasteiger partial charge >= 0.3 is 0 Å². The SMILES string of the molecule is CNCC1C(c2ccc(C)o2)C1(C)C. The number of aryl methyl sites for hydroxylation is 1. The topological polar surface area (TPSA) is 25.2 Å². The first-order valence-corrected chi connectivity index (χ1v) is 5.28. The molecule has 2 nitrogen and oxygen atoms in total. The van der Waals surface area contributed by atoms with Crippen molar-refractivity contribution >= 4 is 0 Å². The molecule has 14 heavy (non-hydrogen) atoms. The van der Waals surface area contributed by atoms with Gasteiger partial charge in [-0.3, -0.25) is 0 Å². The molecular weight excluding hydrogens is 174 g/mol. The molecule has 0 aliphatic heterocycles. The van der Waals surface area contributed by atoms with Crippen LogP contribution >= 0.6 is 0 Å². The largest absolute Gasteiger partial charge is 0.466 e. The van der Waals surface area contributed by atoms with E-state index in [-0.39, 0.29) is 0 Å². The lowest BCUT2D eigenvalue weighted by Crippen LogP contribution is -2.12. The standard InChI is InChI=1S/C12H19NO/c1-8-5-6-10(14-8)11-9(7-13-4)12(11,2)3/h5-6,9,11,13H,7H2,1-4H3. The molecule has 0 saturated heterocycles. The number of nitrogens with one attached hydrogen (secondary N) is 1. The van der Waals surface area contributed by atoms with Crippen molar-refractivity contribution in [3.8, 4) is 0 Å². The first-order chi connectivity index (χ1) is 6.57. The van der Waals surface area contributed by atoms with Gasteiger partial charge in [-0.1, -0.05) is 13.8 Å². The van der Waals surface area contributed by atoms with E-state index < -0.39 is 0 Å². The van der Waals surface area contributed by atoms with E-state index in [0.717, 1.165) is 24.0 Å². The molecule has 1 aromatic rings. The van der Waals surface area contributed by atoms with Crippen molar-refractivity contribution in [1.29, 1.82) is 0 Å². The van der Waals surface area contributed by atoms with Gasteiger partial charge in [-0.25, -0.2) is 0 Å². The van der Waals surface area contributed by atoms with Crippen LogP contribution in [0.4, 0.5) is 0 Å². The molecule has 78 valence electrons. The van der Waals surface area contributed by atoms with Gasteiger partial charge in [0.2, 0.25) is 0 Å². The molecule has 0 aromatic carbocycles. The Morgan fingerprint density at radius 2 is 2.14 bits per heavy atom. The molecule has 1 aliphatic carbocycles. The van der Waals surface area contributed by atoms with Gasteiger partial charge in [-0.2, -0.15) is 0 Å². The molecule has 1 aromatic heterocycles. The minimum absolute atomic E-state index is 0.396. The van der Waals surface area contributed by atoms with Gasteiger partial charge in [-0.05, 0) is 44.0 Å². The van der Waals surface area contributed by atoms with E-state index in [1.54, 1.807) is 0 Å². The maximum Gasteiger partial charge on any atom is 0.108 e. The van der Waals surface area contributed by atoms with Crippen LogP contribution in [0.1, 0.15) is 31.3 Å². The Morgan fingerprint density at radius 1 is 1.43 bits per heavy atom. The second-order valence-corrected chi connectivity index (χ2v) is 4.91. The van der Waals surface area contributed by atoms with Crippen molar-refractivity contribution in [2.24, 2.45) is 11.3 Å². The summed E-state index contributed by atoms with van der Waals surface area (Å²) in [5.74, 6) is 3.50. The van der Waals surface area contributed by atoms with Crippen LogP contribution in [0.25, 0.3) is 0 Å². The van der Waals surface area contributed by atoms with Crippen LogP contribution in [0.15, 0.2) is 16.5 Å². The Bertz CT molecular complexity index is 327. The number of furan rings is 1. The minimum atomic E-state index is 0.396. The van der Waals surface area contributed by atoms with Gasteiger partial charge in [0.05, 0.1) is 0 Å². The Morgan fingerprint density at radius 3 is 2.64 bits per heavy atom. The third kappa shape index (κ3) is 1.38. The van der Waals surface area contributed by atoms with Crippen LogP contribution in [0.2, 0.25) is 0 Å². The van der Waals surface area contributed by atoms with E-state index in [2.05, 4.69) is 31.3 Å².